The van der Waals surface area contributed by atoms with Crippen LogP contribution in [0.3, 0.4) is 0 Å². The smallest absolute Gasteiger partial charge is 0.326 e. The van der Waals surface area contributed by atoms with E-state index < -0.39 is 36.0 Å². The van der Waals surface area contributed by atoms with Crippen molar-refractivity contribution in [1.82, 2.24) is 15.1 Å². The summed E-state index contributed by atoms with van der Waals surface area (Å²) in [6.45, 7) is 3.89. The number of nitrogens with one attached hydrogen (secondary N) is 1. The van der Waals surface area contributed by atoms with Crippen molar-refractivity contribution in [1.29, 1.82) is 0 Å². The molecule has 3 rings (SSSR count). The van der Waals surface area contributed by atoms with Crippen LogP contribution in [0, 0.1) is 5.92 Å². The van der Waals surface area contributed by atoms with Crippen molar-refractivity contribution in [2.45, 2.75) is 63.7 Å². The molecule has 0 saturated carbocycles. The first-order valence-electron chi connectivity index (χ1n) is 11.0. The lowest BCUT2D eigenvalue weighted by Gasteiger charge is -2.39. The third-order valence-electron chi connectivity index (χ3n) is 6.61. The zero-order valence-electron chi connectivity index (χ0n) is 18.4. The summed E-state index contributed by atoms with van der Waals surface area (Å²) in [4.78, 5) is 51.9. The van der Waals surface area contributed by atoms with Crippen molar-refractivity contribution in [3.8, 4) is 0 Å². The van der Waals surface area contributed by atoms with Crippen LogP contribution < -0.4 is 5.32 Å². The van der Waals surface area contributed by atoms with Crippen LogP contribution in [-0.2, 0) is 25.6 Å². The van der Waals surface area contributed by atoms with E-state index in [-0.39, 0.29) is 17.9 Å². The average molecular weight is 446 g/mol. The number of nitrogens with zero attached hydrogens (tertiary/aromatic N) is 2. The van der Waals surface area contributed by atoms with Gasteiger partial charge in [0, 0.05) is 20.0 Å². The number of carboxylic acid groups (broad SMARTS) is 2. The number of hydrogen-bond donors (Lipinski definition) is 3. The number of carbonyl (C=O) groups is 4. The maximum Gasteiger partial charge on any atom is 0.326 e. The van der Waals surface area contributed by atoms with E-state index in [4.69, 9.17) is 0 Å². The Morgan fingerprint density at radius 3 is 2.44 bits per heavy atom. The Kier molecular flexibility index (Phi) is 7.50. The first kappa shape index (κ1) is 23.7. The molecule has 32 heavy (non-hydrogen) atoms. The molecular formula is C23H31N3O6. The van der Waals surface area contributed by atoms with Gasteiger partial charge in [0.2, 0.25) is 11.8 Å². The summed E-state index contributed by atoms with van der Waals surface area (Å²) in [6.07, 6.45) is 1.82. The summed E-state index contributed by atoms with van der Waals surface area (Å²) in [6, 6.07) is 6.32. The fourth-order valence-electron chi connectivity index (χ4n) is 4.85. The van der Waals surface area contributed by atoms with Gasteiger partial charge in [-0.25, -0.2) is 4.79 Å². The van der Waals surface area contributed by atoms with Crippen molar-refractivity contribution in [2.24, 2.45) is 5.92 Å². The molecule has 2 aliphatic rings. The number of benzene rings is 1. The fraction of sp³-hybridized carbons (Fsp3) is 0.565. The fourth-order valence-corrected chi connectivity index (χ4v) is 4.85. The van der Waals surface area contributed by atoms with Crippen LogP contribution >= 0.6 is 0 Å². The Morgan fingerprint density at radius 2 is 1.84 bits per heavy atom. The minimum Gasteiger partial charge on any atom is -0.480 e. The zero-order valence-corrected chi connectivity index (χ0v) is 18.4. The summed E-state index contributed by atoms with van der Waals surface area (Å²) >= 11 is 0. The predicted octanol–water partition coefficient (Wildman–Crippen LogP) is 0.973. The molecule has 2 aliphatic heterocycles. The van der Waals surface area contributed by atoms with Gasteiger partial charge in [-0.3, -0.25) is 19.7 Å². The summed E-state index contributed by atoms with van der Waals surface area (Å²) in [7, 11) is 0. The molecule has 174 valence electrons. The molecule has 0 aliphatic carbocycles. The summed E-state index contributed by atoms with van der Waals surface area (Å²) in [5.41, 5.74) is 0.999. The van der Waals surface area contributed by atoms with Crippen molar-refractivity contribution < 1.29 is 29.4 Å². The Labute approximate surface area is 187 Å². The van der Waals surface area contributed by atoms with Crippen LogP contribution in [0.4, 0.5) is 0 Å². The number of aliphatic carboxylic acids is 2. The van der Waals surface area contributed by atoms with Crippen LogP contribution in [0.5, 0.6) is 0 Å². The molecule has 0 spiro atoms. The van der Waals surface area contributed by atoms with E-state index in [9.17, 15) is 29.4 Å². The van der Waals surface area contributed by atoms with Crippen LogP contribution in [0.2, 0.25) is 0 Å². The van der Waals surface area contributed by atoms with Crippen molar-refractivity contribution >= 4 is 23.8 Å². The first-order chi connectivity index (χ1) is 15.2. The summed E-state index contributed by atoms with van der Waals surface area (Å²) in [5, 5.41) is 22.3. The molecular weight excluding hydrogens is 414 g/mol. The number of carboxylic acids is 2. The zero-order chi connectivity index (χ0) is 23.4. The molecule has 1 aromatic carbocycles. The Balaban J connectivity index is 1.71. The van der Waals surface area contributed by atoms with Gasteiger partial charge in [-0.1, -0.05) is 30.3 Å². The lowest BCUT2D eigenvalue weighted by molar-refractivity contribution is -0.152. The van der Waals surface area contributed by atoms with E-state index in [2.05, 4.69) is 5.32 Å². The molecule has 9 nitrogen and oxygen atoms in total. The second-order valence-electron chi connectivity index (χ2n) is 8.72. The van der Waals surface area contributed by atoms with Crippen LogP contribution in [-0.4, -0.2) is 81.0 Å². The van der Waals surface area contributed by atoms with Gasteiger partial charge in [0.1, 0.15) is 12.1 Å². The van der Waals surface area contributed by atoms with Crippen molar-refractivity contribution in [3.05, 3.63) is 35.9 Å². The Morgan fingerprint density at radius 1 is 1.16 bits per heavy atom. The normalized spacial score (nSPS) is 24.5. The van der Waals surface area contributed by atoms with E-state index in [0.717, 1.165) is 5.56 Å². The van der Waals surface area contributed by atoms with Gasteiger partial charge in [-0.15, -0.1) is 0 Å². The number of piperidine rings is 1. The maximum absolute atomic E-state index is 13.3. The third kappa shape index (κ3) is 5.27. The highest BCUT2D eigenvalue weighted by Crippen LogP contribution is 2.36. The predicted molar refractivity (Wildman–Crippen MR) is 116 cm³/mol. The van der Waals surface area contributed by atoms with Gasteiger partial charge < -0.3 is 20.0 Å². The molecule has 2 amide bonds. The molecule has 2 heterocycles. The number of rotatable bonds is 8. The van der Waals surface area contributed by atoms with E-state index in [1.807, 2.05) is 30.3 Å². The van der Waals surface area contributed by atoms with Gasteiger partial charge in [0.15, 0.2) is 0 Å². The van der Waals surface area contributed by atoms with Gasteiger partial charge in [-0.2, -0.15) is 0 Å². The maximum atomic E-state index is 13.3. The highest BCUT2D eigenvalue weighted by atomic mass is 16.4. The third-order valence-corrected chi connectivity index (χ3v) is 6.61. The SMILES string of the molecule is CC(=O)N1CC[C@@H]2C[C@H](C(=O)O)N(C(=O)[C@H](C)N[C@@H](CCc3ccccc3)C(=O)O)[C@@H]2C1. The number of hydrogen-bond acceptors (Lipinski definition) is 5. The molecule has 5 atom stereocenters. The molecule has 0 bridgehead atoms. The molecule has 1 aromatic rings. The Bertz CT molecular complexity index is 861. The number of aryl methyl sites for hydroxylation is 1. The molecule has 0 aromatic heterocycles. The van der Waals surface area contributed by atoms with Crippen molar-refractivity contribution in [3.63, 3.8) is 0 Å². The second kappa shape index (κ2) is 10.1. The van der Waals surface area contributed by atoms with Gasteiger partial charge >= 0.3 is 11.9 Å². The quantitative estimate of drug-likeness (QED) is 0.544. The topological polar surface area (TPSA) is 127 Å². The monoisotopic (exact) mass is 445 g/mol. The first-order valence-corrected chi connectivity index (χ1v) is 11.0. The molecule has 2 fully saturated rings. The summed E-state index contributed by atoms with van der Waals surface area (Å²) in [5.74, 6) is -2.67. The number of likely N-dealkylation sites (tertiary alicyclic amines) is 2. The van der Waals surface area contributed by atoms with Crippen LogP contribution in [0.1, 0.15) is 38.7 Å². The second-order valence-corrected chi connectivity index (χ2v) is 8.72. The Hall–Kier alpha value is -2.94. The van der Waals surface area contributed by atoms with E-state index in [1.54, 1.807) is 11.8 Å². The van der Waals surface area contributed by atoms with E-state index in [0.29, 0.717) is 38.8 Å². The standard InChI is InChI=1S/C23H31N3O6/c1-14(24-18(22(29)30)9-8-16-6-4-3-5-7-16)21(28)26-19(23(31)32)12-17-10-11-25(15(2)27)13-20(17)26/h3-7,14,17-20,24H,8-13H2,1-2H3,(H,29,30)(H,31,32)/t14-,17+,18-,19+,20+/m0/s1. The summed E-state index contributed by atoms with van der Waals surface area (Å²) < 4.78 is 0. The average Bonchev–Trinajstić information content (AvgIpc) is 3.15. The van der Waals surface area contributed by atoms with Crippen LogP contribution in [0.25, 0.3) is 0 Å². The largest absolute Gasteiger partial charge is 0.480 e. The molecule has 2 saturated heterocycles. The van der Waals surface area contributed by atoms with E-state index >= 15 is 0 Å². The molecule has 9 heteroatoms. The minimum absolute atomic E-state index is 0.0104. The lowest BCUT2D eigenvalue weighted by atomic mass is 9.91. The lowest BCUT2D eigenvalue weighted by Crippen LogP contribution is -2.58. The molecule has 3 N–H and O–H groups in total. The number of amides is 2. The highest BCUT2D eigenvalue weighted by molar-refractivity contribution is 5.88. The minimum atomic E-state index is -1.08. The number of carbonyl (C=O) groups excluding carboxylic acids is 2. The van der Waals surface area contributed by atoms with Crippen molar-refractivity contribution in [2.75, 3.05) is 13.1 Å². The number of fused-ring (bicyclic) bond motifs is 1. The van der Waals surface area contributed by atoms with Gasteiger partial charge in [-0.05, 0) is 44.1 Å². The van der Waals surface area contributed by atoms with Gasteiger partial charge in [0.25, 0.3) is 0 Å². The van der Waals surface area contributed by atoms with Crippen LogP contribution in [0.15, 0.2) is 30.3 Å². The molecule has 0 unspecified atom stereocenters. The van der Waals surface area contributed by atoms with E-state index in [1.165, 1.54) is 11.8 Å². The van der Waals surface area contributed by atoms with Gasteiger partial charge in [0.05, 0.1) is 12.1 Å². The highest BCUT2D eigenvalue weighted by Gasteiger charge is 2.50. The molecule has 0 radical (unpaired) electrons.